The molecule has 1 heterocycles. The molecule has 1 amide bonds. The predicted octanol–water partition coefficient (Wildman–Crippen LogP) is 0.855. The summed E-state index contributed by atoms with van der Waals surface area (Å²) in [5, 5.41) is 11.5. The average molecular weight is 309 g/mol. The number of amides is 1. The molecule has 2 N–H and O–H groups in total. The number of benzene rings is 1. The molecule has 0 saturated carbocycles. The molecule has 0 radical (unpaired) electrons. The molecule has 6 nitrogen and oxygen atoms in total. The molecule has 22 heavy (non-hydrogen) atoms. The lowest BCUT2D eigenvalue weighted by molar-refractivity contribution is -0.139. The van der Waals surface area contributed by atoms with E-state index in [0.29, 0.717) is 31.9 Å². The van der Waals surface area contributed by atoms with Crippen LogP contribution in [0.4, 0.5) is 10.1 Å². The van der Waals surface area contributed by atoms with Crippen LogP contribution in [0.15, 0.2) is 24.3 Å². The summed E-state index contributed by atoms with van der Waals surface area (Å²) in [6, 6.07) is 5.42. The second-order valence-corrected chi connectivity index (χ2v) is 5.38. The van der Waals surface area contributed by atoms with Gasteiger partial charge in [0.05, 0.1) is 12.6 Å². The lowest BCUT2D eigenvalue weighted by Crippen LogP contribution is -2.53. The number of anilines is 1. The van der Waals surface area contributed by atoms with Crippen molar-refractivity contribution in [1.29, 1.82) is 0 Å². The van der Waals surface area contributed by atoms with Crippen LogP contribution in [0.1, 0.15) is 6.92 Å². The number of hydrogen-bond donors (Lipinski definition) is 2. The molecular formula is C15H20FN3O3. The molecule has 1 saturated heterocycles. The molecular weight excluding hydrogens is 289 g/mol. The van der Waals surface area contributed by atoms with Crippen LogP contribution in [-0.4, -0.2) is 65.5 Å². The third-order valence-corrected chi connectivity index (χ3v) is 3.79. The third kappa shape index (κ3) is 4.51. The fourth-order valence-electron chi connectivity index (χ4n) is 2.48. The zero-order chi connectivity index (χ0) is 16.1. The number of carbonyl (C=O) groups is 2. The number of rotatable bonds is 5. The summed E-state index contributed by atoms with van der Waals surface area (Å²) >= 11 is 0. The number of carbonyl (C=O) groups excluding carboxylic acids is 1. The van der Waals surface area contributed by atoms with Crippen molar-refractivity contribution >= 4 is 17.6 Å². The van der Waals surface area contributed by atoms with E-state index in [4.69, 9.17) is 5.11 Å². The zero-order valence-electron chi connectivity index (χ0n) is 12.5. The molecule has 0 aliphatic carbocycles. The fraction of sp³-hybridized carbons (Fsp3) is 0.467. The Bertz CT molecular complexity index is 545. The number of hydrogen-bond acceptors (Lipinski definition) is 4. The van der Waals surface area contributed by atoms with Crippen LogP contribution >= 0.6 is 0 Å². The first-order valence-electron chi connectivity index (χ1n) is 7.20. The highest BCUT2D eigenvalue weighted by molar-refractivity contribution is 5.94. The summed E-state index contributed by atoms with van der Waals surface area (Å²) < 4.78 is 13.1. The van der Waals surface area contributed by atoms with E-state index in [2.05, 4.69) is 5.32 Å². The van der Waals surface area contributed by atoms with Crippen LogP contribution in [0.3, 0.4) is 0 Å². The Morgan fingerprint density at radius 3 is 2.59 bits per heavy atom. The number of carboxylic acids is 1. The molecule has 1 aromatic rings. The molecule has 120 valence electrons. The number of carboxylic acid groups (broad SMARTS) is 1. The summed E-state index contributed by atoms with van der Waals surface area (Å²) in [7, 11) is 0. The van der Waals surface area contributed by atoms with Crippen LogP contribution in [0.2, 0.25) is 0 Å². The Balaban J connectivity index is 1.85. The SMILES string of the molecule is CC(C(=O)Nc1cccc(F)c1)N1CCN(CC(=O)O)CC1. The molecule has 1 atom stereocenters. The Kier molecular flexibility index (Phi) is 5.46. The maximum absolute atomic E-state index is 13.1. The van der Waals surface area contributed by atoms with Gasteiger partial charge in [-0.3, -0.25) is 19.4 Å². The van der Waals surface area contributed by atoms with E-state index in [1.807, 2.05) is 9.80 Å². The second kappa shape index (κ2) is 7.33. The van der Waals surface area contributed by atoms with Gasteiger partial charge in [-0.05, 0) is 25.1 Å². The lowest BCUT2D eigenvalue weighted by Gasteiger charge is -2.36. The van der Waals surface area contributed by atoms with E-state index in [1.54, 1.807) is 19.1 Å². The van der Waals surface area contributed by atoms with Crippen LogP contribution in [-0.2, 0) is 9.59 Å². The fourth-order valence-corrected chi connectivity index (χ4v) is 2.48. The van der Waals surface area contributed by atoms with E-state index in [0.717, 1.165) is 0 Å². The molecule has 1 fully saturated rings. The number of piperazine rings is 1. The quantitative estimate of drug-likeness (QED) is 0.844. The molecule has 0 bridgehead atoms. The molecule has 0 spiro atoms. The summed E-state index contributed by atoms with van der Waals surface area (Å²) in [6.45, 7) is 4.31. The van der Waals surface area contributed by atoms with Crippen LogP contribution < -0.4 is 5.32 Å². The van der Waals surface area contributed by atoms with Gasteiger partial charge in [0, 0.05) is 31.9 Å². The molecule has 1 unspecified atom stereocenters. The number of aliphatic carboxylic acids is 1. The van der Waals surface area contributed by atoms with Crippen molar-refractivity contribution in [2.75, 3.05) is 38.0 Å². The molecule has 1 aliphatic rings. The van der Waals surface area contributed by atoms with Gasteiger partial charge in [-0.1, -0.05) is 6.07 Å². The first-order valence-corrected chi connectivity index (χ1v) is 7.20. The van der Waals surface area contributed by atoms with Gasteiger partial charge in [-0.2, -0.15) is 0 Å². The largest absolute Gasteiger partial charge is 0.480 e. The average Bonchev–Trinajstić information content (AvgIpc) is 2.46. The smallest absolute Gasteiger partial charge is 0.317 e. The van der Waals surface area contributed by atoms with Gasteiger partial charge in [-0.15, -0.1) is 0 Å². The predicted molar refractivity (Wildman–Crippen MR) is 80.1 cm³/mol. The monoisotopic (exact) mass is 309 g/mol. The second-order valence-electron chi connectivity index (χ2n) is 5.38. The number of nitrogens with one attached hydrogen (secondary N) is 1. The van der Waals surface area contributed by atoms with Crippen molar-refractivity contribution in [3.63, 3.8) is 0 Å². The van der Waals surface area contributed by atoms with Gasteiger partial charge in [0.1, 0.15) is 5.82 Å². The van der Waals surface area contributed by atoms with E-state index in [9.17, 15) is 14.0 Å². The van der Waals surface area contributed by atoms with Gasteiger partial charge in [-0.25, -0.2) is 4.39 Å². The Labute approximate surface area is 128 Å². The van der Waals surface area contributed by atoms with Crippen LogP contribution in [0, 0.1) is 5.82 Å². The van der Waals surface area contributed by atoms with E-state index in [-0.39, 0.29) is 18.5 Å². The highest BCUT2D eigenvalue weighted by Gasteiger charge is 2.26. The van der Waals surface area contributed by atoms with Gasteiger partial charge in [0.15, 0.2) is 0 Å². The van der Waals surface area contributed by atoms with Crippen molar-refractivity contribution < 1.29 is 19.1 Å². The first kappa shape index (κ1) is 16.4. The summed E-state index contributed by atoms with van der Waals surface area (Å²) in [6.07, 6.45) is 0. The normalized spacial score (nSPS) is 17.9. The molecule has 7 heteroatoms. The molecule has 1 aromatic carbocycles. The number of nitrogens with zero attached hydrogens (tertiary/aromatic N) is 2. The van der Waals surface area contributed by atoms with Crippen molar-refractivity contribution in [3.05, 3.63) is 30.1 Å². The summed E-state index contributed by atoms with van der Waals surface area (Å²) in [5.74, 6) is -1.43. The van der Waals surface area contributed by atoms with E-state index in [1.165, 1.54) is 12.1 Å². The summed E-state index contributed by atoms with van der Waals surface area (Å²) in [5.41, 5.74) is 0.432. The molecule has 0 aromatic heterocycles. The third-order valence-electron chi connectivity index (χ3n) is 3.79. The highest BCUT2D eigenvalue weighted by Crippen LogP contribution is 2.12. The van der Waals surface area contributed by atoms with Crippen molar-refractivity contribution in [1.82, 2.24) is 9.80 Å². The van der Waals surface area contributed by atoms with E-state index < -0.39 is 11.8 Å². The first-order chi connectivity index (χ1) is 10.5. The Morgan fingerprint density at radius 1 is 1.32 bits per heavy atom. The van der Waals surface area contributed by atoms with Crippen LogP contribution in [0.5, 0.6) is 0 Å². The Morgan fingerprint density at radius 2 is 2.00 bits per heavy atom. The van der Waals surface area contributed by atoms with Crippen molar-refractivity contribution in [2.45, 2.75) is 13.0 Å². The van der Waals surface area contributed by atoms with Crippen molar-refractivity contribution in [3.8, 4) is 0 Å². The van der Waals surface area contributed by atoms with Gasteiger partial charge in [0.2, 0.25) is 5.91 Å². The number of halogens is 1. The topological polar surface area (TPSA) is 72.9 Å². The van der Waals surface area contributed by atoms with Crippen molar-refractivity contribution in [2.24, 2.45) is 0 Å². The maximum Gasteiger partial charge on any atom is 0.317 e. The Hall–Kier alpha value is -1.99. The molecule has 2 rings (SSSR count). The summed E-state index contributed by atoms with van der Waals surface area (Å²) in [4.78, 5) is 26.7. The minimum atomic E-state index is -0.842. The van der Waals surface area contributed by atoms with Gasteiger partial charge < -0.3 is 10.4 Å². The van der Waals surface area contributed by atoms with E-state index >= 15 is 0 Å². The minimum absolute atomic E-state index is 0.0255. The lowest BCUT2D eigenvalue weighted by atomic mass is 10.2. The van der Waals surface area contributed by atoms with Gasteiger partial charge in [0.25, 0.3) is 0 Å². The standard InChI is InChI=1S/C15H20FN3O3/c1-11(15(22)17-13-4-2-3-12(16)9-13)19-7-5-18(6-8-19)10-14(20)21/h2-4,9,11H,5-8,10H2,1H3,(H,17,22)(H,20,21). The highest BCUT2D eigenvalue weighted by atomic mass is 19.1. The minimum Gasteiger partial charge on any atom is -0.480 e. The maximum atomic E-state index is 13.1. The zero-order valence-corrected chi connectivity index (χ0v) is 12.5. The van der Waals surface area contributed by atoms with Gasteiger partial charge >= 0.3 is 5.97 Å². The van der Waals surface area contributed by atoms with Crippen LogP contribution in [0.25, 0.3) is 0 Å². The molecule has 1 aliphatic heterocycles.